The SMILES string of the molecule is COc1ccc(-c2n[nH]c(=O)cc2S(C)(=O)=O)cc1. The van der Waals surface area contributed by atoms with Crippen LogP contribution in [0.25, 0.3) is 11.3 Å². The first-order valence-corrected chi connectivity index (χ1v) is 7.25. The Hall–Kier alpha value is -2.15. The Morgan fingerprint density at radius 3 is 2.37 bits per heavy atom. The van der Waals surface area contributed by atoms with E-state index in [1.54, 1.807) is 24.3 Å². The summed E-state index contributed by atoms with van der Waals surface area (Å²) in [5.41, 5.74) is 0.236. The molecule has 1 heterocycles. The number of ether oxygens (including phenoxy) is 1. The molecule has 0 fully saturated rings. The first-order chi connectivity index (χ1) is 8.91. The number of methoxy groups -OCH3 is 1. The largest absolute Gasteiger partial charge is 0.497 e. The number of nitrogens with zero attached hydrogens (tertiary/aromatic N) is 1. The molecule has 0 saturated carbocycles. The maximum atomic E-state index is 11.7. The van der Waals surface area contributed by atoms with Crippen molar-refractivity contribution in [3.63, 3.8) is 0 Å². The van der Waals surface area contributed by atoms with Gasteiger partial charge in [0.05, 0.1) is 7.11 Å². The monoisotopic (exact) mass is 280 g/mol. The molecule has 0 saturated heterocycles. The number of hydrogen-bond donors (Lipinski definition) is 1. The predicted molar refractivity (Wildman–Crippen MR) is 70.0 cm³/mol. The van der Waals surface area contributed by atoms with Crippen LogP contribution in [0.4, 0.5) is 0 Å². The van der Waals surface area contributed by atoms with Crippen LogP contribution < -0.4 is 10.3 Å². The van der Waals surface area contributed by atoms with Crippen molar-refractivity contribution in [3.05, 3.63) is 40.7 Å². The molecular weight excluding hydrogens is 268 g/mol. The van der Waals surface area contributed by atoms with E-state index in [-0.39, 0.29) is 10.6 Å². The Kier molecular flexibility index (Phi) is 3.39. The Morgan fingerprint density at radius 1 is 1.21 bits per heavy atom. The number of nitrogens with one attached hydrogen (secondary N) is 1. The second-order valence-corrected chi connectivity index (χ2v) is 5.93. The summed E-state index contributed by atoms with van der Waals surface area (Å²) in [6.07, 6.45) is 1.04. The van der Waals surface area contributed by atoms with Gasteiger partial charge in [0.1, 0.15) is 16.3 Å². The van der Waals surface area contributed by atoms with E-state index >= 15 is 0 Å². The maximum Gasteiger partial charge on any atom is 0.265 e. The van der Waals surface area contributed by atoms with Crippen LogP contribution in [0.15, 0.2) is 40.0 Å². The molecule has 0 amide bonds. The molecule has 0 atom stereocenters. The highest BCUT2D eigenvalue weighted by molar-refractivity contribution is 7.90. The van der Waals surface area contributed by atoms with Gasteiger partial charge in [-0.25, -0.2) is 13.5 Å². The van der Waals surface area contributed by atoms with Crippen LogP contribution in [0.3, 0.4) is 0 Å². The summed E-state index contributed by atoms with van der Waals surface area (Å²) in [7, 11) is -2.00. The molecule has 0 bridgehead atoms. The fraction of sp³-hybridized carbons (Fsp3) is 0.167. The zero-order chi connectivity index (χ0) is 14.0. The van der Waals surface area contributed by atoms with Crippen molar-refractivity contribution in [2.45, 2.75) is 4.90 Å². The average Bonchev–Trinajstić information content (AvgIpc) is 2.38. The van der Waals surface area contributed by atoms with Crippen molar-refractivity contribution in [2.24, 2.45) is 0 Å². The number of hydrogen-bond acceptors (Lipinski definition) is 5. The van der Waals surface area contributed by atoms with Gasteiger partial charge in [0.25, 0.3) is 5.56 Å². The molecule has 2 rings (SSSR count). The van der Waals surface area contributed by atoms with E-state index in [0.717, 1.165) is 12.3 Å². The van der Waals surface area contributed by atoms with Gasteiger partial charge in [-0.2, -0.15) is 5.10 Å². The lowest BCUT2D eigenvalue weighted by Gasteiger charge is -2.06. The predicted octanol–water partition coefficient (Wildman–Crippen LogP) is 0.849. The highest BCUT2D eigenvalue weighted by atomic mass is 32.2. The summed E-state index contributed by atoms with van der Waals surface area (Å²) in [4.78, 5) is 11.1. The van der Waals surface area contributed by atoms with E-state index in [4.69, 9.17) is 4.74 Å². The van der Waals surface area contributed by atoms with E-state index in [1.807, 2.05) is 0 Å². The second kappa shape index (κ2) is 4.85. The van der Waals surface area contributed by atoms with Crippen molar-refractivity contribution in [1.29, 1.82) is 0 Å². The fourth-order valence-electron chi connectivity index (χ4n) is 1.62. The standard InChI is InChI=1S/C12H12N2O4S/c1-18-9-5-3-8(4-6-9)12-10(19(2,16)17)7-11(15)13-14-12/h3-7H,1-2H3,(H,13,15). The Balaban J connectivity index is 2.64. The van der Waals surface area contributed by atoms with Gasteiger partial charge >= 0.3 is 0 Å². The van der Waals surface area contributed by atoms with Crippen molar-refractivity contribution in [3.8, 4) is 17.0 Å². The lowest BCUT2D eigenvalue weighted by molar-refractivity contribution is 0.415. The molecule has 0 unspecified atom stereocenters. The van der Waals surface area contributed by atoms with E-state index in [9.17, 15) is 13.2 Å². The van der Waals surface area contributed by atoms with E-state index in [1.165, 1.54) is 7.11 Å². The van der Waals surface area contributed by atoms with Crippen LogP contribution in [0.5, 0.6) is 5.75 Å². The van der Waals surface area contributed by atoms with Crippen molar-refractivity contribution in [1.82, 2.24) is 10.2 Å². The topological polar surface area (TPSA) is 89.1 Å². The number of H-pyrrole nitrogens is 1. The summed E-state index contributed by atoms with van der Waals surface area (Å²) in [6, 6.07) is 7.76. The van der Waals surface area contributed by atoms with Crippen LogP contribution in [0.1, 0.15) is 0 Å². The molecule has 2 aromatic rings. The number of rotatable bonds is 3. The van der Waals surface area contributed by atoms with Crippen LogP contribution in [-0.2, 0) is 9.84 Å². The minimum atomic E-state index is -3.53. The zero-order valence-corrected chi connectivity index (χ0v) is 11.2. The lowest BCUT2D eigenvalue weighted by atomic mass is 10.1. The molecule has 0 aliphatic rings. The van der Waals surface area contributed by atoms with Crippen LogP contribution >= 0.6 is 0 Å². The summed E-state index contributed by atoms with van der Waals surface area (Å²) >= 11 is 0. The molecule has 0 spiro atoms. The lowest BCUT2D eigenvalue weighted by Crippen LogP contribution is -2.13. The number of benzene rings is 1. The molecule has 1 aromatic carbocycles. The van der Waals surface area contributed by atoms with Crippen LogP contribution in [-0.4, -0.2) is 32.0 Å². The molecule has 1 N–H and O–H groups in total. The molecule has 0 radical (unpaired) electrons. The summed E-state index contributed by atoms with van der Waals surface area (Å²) in [5, 5.41) is 6.05. The third kappa shape index (κ3) is 2.82. The number of aromatic amines is 1. The Morgan fingerprint density at radius 2 is 1.84 bits per heavy atom. The minimum absolute atomic E-state index is 0.0959. The Labute approximate surface area is 110 Å². The molecular formula is C12H12N2O4S. The first kappa shape index (κ1) is 13.3. The van der Waals surface area contributed by atoms with Crippen molar-refractivity contribution < 1.29 is 13.2 Å². The van der Waals surface area contributed by atoms with Gasteiger partial charge < -0.3 is 4.74 Å². The second-order valence-electron chi connectivity index (χ2n) is 3.95. The third-order valence-corrected chi connectivity index (χ3v) is 3.65. The van der Waals surface area contributed by atoms with Crippen LogP contribution in [0, 0.1) is 0 Å². The number of aromatic nitrogens is 2. The fourth-order valence-corrected chi connectivity index (χ4v) is 2.46. The molecule has 100 valence electrons. The smallest absolute Gasteiger partial charge is 0.265 e. The average molecular weight is 280 g/mol. The highest BCUT2D eigenvalue weighted by Gasteiger charge is 2.17. The van der Waals surface area contributed by atoms with Gasteiger partial charge in [-0.1, -0.05) is 0 Å². The van der Waals surface area contributed by atoms with Crippen molar-refractivity contribution >= 4 is 9.84 Å². The van der Waals surface area contributed by atoms with Gasteiger partial charge in [0, 0.05) is 17.9 Å². The quantitative estimate of drug-likeness (QED) is 0.900. The molecule has 0 aliphatic carbocycles. The Bertz CT molecular complexity index is 748. The molecule has 6 nitrogen and oxygen atoms in total. The highest BCUT2D eigenvalue weighted by Crippen LogP contribution is 2.25. The van der Waals surface area contributed by atoms with Crippen molar-refractivity contribution in [2.75, 3.05) is 13.4 Å². The normalized spacial score (nSPS) is 11.3. The van der Waals surface area contributed by atoms with Gasteiger partial charge in [0.15, 0.2) is 9.84 Å². The van der Waals surface area contributed by atoms with Gasteiger partial charge in [0.2, 0.25) is 0 Å². The van der Waals surface area contributed by atoms with Gasteiger partial charge in [-0.15, -0.1) is 0 Å². The summed E-state index contributed by atoms with van der Waals surface area (Å²) in [5.74, 6) is 0.647. The van der Waals surface area contributed by atoms with Gasteiger partial charge in [-0.05, 0) is 24.3 Å². The van der Waals surface area contributed by atoms with E-state index in [0.29, 0.717) is 11.3 Å². The summed E-state index contributed by atoms with van der Waals surface area (Å²) in [6.45, 7) is 0. The summed E-state index contributed by atoms with van der Waals surface area (Å²) < 4.78 is 28.4. The third-order valence-electron chi connectivity index (χ3n) is 2.54. The zero-order valence-electron chi connectivity index (χ0n) is 10.4. The van der Waals surface area contributed by atoms with E-state index < -0.39 is 15.4 Å². The van der Waals surface area contributed by atoms with E-state index in [2.05, 4.69) is 10.2 Å². The molecule has 1 aromatic heterocycles. The maximum absolute atomic E-state index is 11.7. The van der Waals surface area contributed by atoms with Gasteiger partial charge in [-0.3, -0.25) is 4.79 Å². The molecule has 0 aliphatic heterocycles. The van der Waals surface area contributed by atoms with Crippen LogP contribution in [0.2, 0.25) is 0 Å². The molecule has 7 heteroatoms. The molecule has 19 heavy (non-hydrogen) atoms. The number of sulfone groups is 1. The minimum Gasteiger partial charge on any atom is -0.497 e. The first-order valence-electron chi connectivity index (χ1n) is 5.36.